The van der Waals surface area contributed by atoms with Crippen LogP contribution in [0.25, 0.3) is 27.5 Å². The number of nitrogens with zero attached hydrogens (tertiary/aromatic N) is 1. The second-order valence-electron chi connectivity index (χ2n) is 5.27. The van der Waals surface area contributed by atoms with Gasteiger partial charge in [0.05, 0.1) is 10.9 Å². The molecule has 0 radical (unpaired) electrons. The van der Waals surface area contributed by atoms with Gasteiger partial charge in [-0.05, 0) is 18.2 Å². The Morgan fingerprint density at radius 2 is 1.39 bits per heavy atom. The predicted molar refractivity (Wildman–Crippen MR) is 90.8 cm³/mol. The van der Waals surface area contributed by atoms with Gasteiger partial charge in [0.25, 0.3) is 0 Å². The predicted octanol–water partition coefficient (Wildman–Crippen LogP) is 4.55. The number of halogens is 1. The van der Waals surface area contributed by atoms with Gasteiger partial charge in [-0.25, -0.2) is 0 Å². The van der Waals surface area contributed by atoms with Crippen LogP contribution in [0.3, 0.4) is 0 Å². The Morgan fingerprint density at radius 1 is 0.739 bits per heavy atom. The molecule has 3 aromatic carbocycles. The average molecular weight is 326 g/mol. The van der Waals surface area contributed by atoms with Crippen LogP contribution in [0.15, 0.2) is 54.6 Å². The smallest absolute Gasteiger partial charge is 0.184 e. The molecule has 0 saturated carbocycles. The van der Waals surface area contributed by atoms with Crippen LogP contribution < -0.4 is 0 Å². The average Bonchev–Trinajstić information content (AvgIpc) is 2.94. The Kier molecular flexibility index (Phi) is 2.89. The normalized spacial score (nSPS) is 11.3. The Bertz CT molecular complexity index is 1050. The minimum atomic E-state index is -0.531. The summed E-state index contributed by atoms with van der Waals surface area (Å²) < 4.78 is 1.79. The standard InChI is InChI=1S/C18H12ClNO3/c19-14-16(21)13-11-8-4-5-9-12(11)20(10-6-2-1-3-7-10)15(13)18(23)17(14)22/h1-9,21-23H. The highest BCUT2D eigenvalue weighted by Crippen LogP contribution is 2.50. The van der Waals surface area contributed by atoms with Gasteiger partial charge in [-0.15, -0.1) is 0 Å². The van der Waals surface area contributed by atoms with Crippen molar-refractivity contribution >= 4 is 33.4 Å². The Morgan fingerprint density at radius 3 is 2.13 bits per heavy atom. The Hall–Kier alpha value is -2.85. The number of phenols is 3. The summed E-state index contributed by atoms with van der Waals surface area (Å²) in [4.78, 5) is 0. The Balaban J connectivity index is 2.33. The molecule has 0 bridgehead atoms. The van der Waals surface area contributed by atoms with Crippen LogP contribution in [0.2, 0.25) is 5.02 Å². The third-order valence-corrected chi connectivity index (χ3v) is 4.35. The van der Waals surface area contributed by atoms with E-state index >= 15 is 0 Å². The van der Waals surface area contributed by atoms with Crippen molar-refractivity contribution in [3.63, 3.8) is 0 Å². The summed E-state index contributed by atoms with van der Waals surface area (Å²) in [7, 11) is 0. The van der Waals surface area contributed by atoms with Crippen molar-refractivity contribution in [2.24, 2.45) is 0 Å². The van der Waals surface area contributed by atoms with E-state index < -0.39 is 5.75 Å². The molecule has 4 aromatic rings. The summed E-state index contributed by atoms with van der Waals surface area (Å²) in [5, 5.41) is 31.8. The first-order chi connectivity index (χ1) is 11.1. The van der Waals surface area contributed by atoms with Gasteiger partial charge >= 0.3 is 0 Å². The van der Waals surface area contributed by atoms with Gasteiger partial charge < -0.3 is 19.9 Å². The fourth-order valence-electron chi connectivity index (χ4n) is 2.99. The van der Waals surface area contributed by atoms with Gasteiger partial charge in [-0.3, -0.25) is 0 Å². The number of para-hydroxylation sites is 2. The first-order valence-electron chi connectivity index (χ1n) is 7.02. The topological polar surface area (TPSA) is 65.6 Å². The minimum Gasteiger partial charge on any atom is -0.505 e. The summed E-state index contributed by atoms with van der Waals surface area (Å²) in [5.74, 6) is -1.14. The first kappa shape index (κ1) is 13.8. The van der Waals surface area contributed by atoms with Crippen LogP contribution in [0.4, 0.5) is 0 Å². The molecule has 0 fully saturated rings. The molecule has 1 heterocycles. The lowest BCUT2D eigenvalue weighted by atomic mass is 10.1. The second kappa shape index (κ2) is 4.83. The molecular weight excluding hydrogens is 314 g/mol. The van der Waals surface area contributed by atoms with E-state index in [1.54, 1.807) is 4.57 Å². The van der Waals surface area contributed by atoms with Crippen LogP contribution in [0, 0.1) is 0 Å². The molecule has 0 aliphatic carbocycles. The molecule has 0 unspecified atom stereocenters. The van der Waals surface area contributed by atoms with Gasteiger partial charge in [0.15, 0.2) is 11.5 Å². The third kappa shape index (κ3) is 1.79. The zero-order valence-corrected chi connectivity index (χ0v) is 12.6. The zero-order chi connectivity index (χ0) is 16.1. The first-order valence-corrected chi connectivity index (χ1v) is 7.40. The van der Waals surface area contributed by atoms with Crippen LogP contribution in [-0.4, -0.2) is 19.9 Å². The highest BCUT2D eigenvalue weighted by Gasteiger charge is 2.24. The van der Waals surface area contributed by atoms with E-state index in [2.05, 4.69) is 0 Å². The molecular formula is C18H12ClNO3. The highest BCUT2D eigenvalue weighted by atomic mass is 35.5. The second-order valence-corrected chi connectivity index (χ2v) is 5.65. The summed E-state index contributed by atoms with van der Waals surface area (Å²) in [6.45, 7) is 0. The van der Waals surface area contributed by atoms with Crippen molar-refractivity contribution in [1.82, 2.24) is 4.57 Å². The van der Waals surface area contributed by atoms with Crippen LogP contribution in [0.5, 0.6) is 17.2 Å². The molecule has 0 saturated heterocycles. The Labute approximate surface area is 136 Å². The summed E-state index contributed by atoms with van der Waals surface area (Å²) >= 11 is 5.95. The molecule has 0 aliphatic rings. The molecule has 0 atom stereocenters. The van der Waals surface area contributed by atoms with E-state index in [4.69, 9.17) is 11.6 Å². The van der Waals surface area contributed by atoms with Crippen molar-refractivity contribution in [1.29, 1.82) is 0 Å². The number of phenolic OH excluding ortho intramolecular Hbond substituents is 3. The number of hydrogen-bond acceptors (Lipinski definition) is 3. The number of rotatable bonds is 1. The maximum atomic E-state index is 10.4. The molecule has 3 N–H and O–H groups in total. The van der Waals surface area contributed by atoms with E-state index in [9.17, 15) is 15.3 Å². The molecule has 0 spiro atoms. The van der Waals surface area contributed by atoms with Gasteiger partial charge in [0, 0.05) is 11.1 Å². The van der Waals surface area contributed by atoms with Crippen molar-refractivity contribution in [2.45, 2.75) is 0 Å². The van der Waals surface area contributed by atoms with Gasteiger partial charge in [0.1, 0.15) is 16.3 Å². The number of benzene rings is 3. The van der Waals surface area contributed by atoms with Crippen LogP contribution in [0.1, 0.15) is 0 Å². The maximum Gasteiger partial charge on any atom is 0.184 e. The monoisotopic (exact) mass is 325 g/mol. The lowest BCUT2D eigenvalue weighted by molar-refractivity contribution is 0.401. The summed E-state index contributed by atoms with van der Waals surface area (Å²) in [6, 6.07) is 16.8. The van der Waals surface area contributed by atoms with E-state index in [-0.39, 0.29) is 16.5 Å². The number of hydrogen-bond donors (Lipinski definition) is 3. The molecule has 23 heavy (non-hydrogen) atoms. The number of aromatic nitrogens is 1. The molecule has 4 rings (SSSR count). The fourth-order valence-corrected chi connectivity index (χ4v) is 3.17. The quantitative estimate of drug-likeness (QED) is 0.355. The number of fused-ring (bicyclic) bond motifs is 3. The van der Waals surface area contributed by atoms with Crippen molar-refractivity contribution in [3.8, 4) is 22.9 Å². The molecule has 1 aromatic heterocycles. The van der Waals surface area contributed by atoms with E-state index in [0.717, 1.165) is 16.6 Å². The largest absolute Gasteiger partial charge is 0.505 e. The molecule has 0 amide bonds. The molecule has 0 aliphatic heterocycles. The fraction of sp³-hybridized carbons (Fsp3) is 0. The van der Waals surface area contributed by atoms with Gasteiger partial charge in [0.2, 0.25) is 0 Å². The van der Waals surface area contributed by atoms with Crippen molar-refractivity contribution in [2.75, 3.05) is 0 Å². The SMILES string of the molecule is Oc1c(Cl)c(O)c2c3ccccc3n(-c3ccccc3)c2c1O. The lowest BCUT2D eigenvalue weighted by Crippen LogP contribution is -1.93. The van der Waals surface area contributed by atoms with E-state index in [1.165, 1.54) is 0 Å². The maximum absolute atomic E-state index is 10.4. The minimum absolute atomic E-state index is 0.247. The van der Waals surface area contributed by atoms with Gasteiger partial charge in [-0.2, -0.15) is 0 Å². The van der Waals surface area contributed by atoms with E-state index in [0.29, 0.717) is 10.9 Å². The van der Waals surface area contributed by atoms with Gasteiger partial charge in [-0.1, -0.05) is 48.0 Å². The van der Waals surface area contributed by atoms with E-state index in [1.807, 2.05) is 54.6 Å². The zero-order valence-electron chi connectivity index (χ0n) is 11.9. The molecule has 4 nitrogen and oxygen atoms in total. The van der Waals surface area contributed by atoms with Crippen LogP contribution in [-0.2, 0) is 0 Å². The lowest BCUT2D eigenvalue weighted by Gasteiger charge is -2.10. The third-order valence-electron chi connectivity index (χ3n) is 3.99. The summed E-state index contributed by atoms with van der Waals surface area (Å²) in [5.41, 5.74) is 1.91. The van der Waals surface area contributed by atoms with Crippen molar-refractivity contribution < 1.29 is 15.3 Å². The van der Waals surface area contributed by atoms with Crippen molar-refractivity contribution in [3.05, 3.63) is 59.6 Å². The van der Waals surface area contributed by atoms with Crippen LogP contribution >= 0.6 is 11.6 Å². The number of aromatic hydroxyl groups is 3. The summed E-state index contributed by atoms with van der Waals surface area (Å²) in [6.07, 6.45) is 0. The highest BCUT2D eigenvalue weighted by molar-refractivity contribution is 6.36. The molecule has 5 heteroatoms. The molecule has 114 valence electrons.